The molecule has 7 nitrogen and oxygen atoms in total. The maximum atomic E-state index is 14.6. The van der Waals surface area contributed by atoms with Gasteiger partial charge >= 0.3 is 0 Å². The number of fused-ring (bicyclic) bond motifs is 2. The van der Waals surface area contributed by atoms with Gasteiger partial charge in [0.1, 0.15) is 11.5 Å². The van der Waals surface area contributed by atoms with E-state index >= 15 is 0 Å². The molecule has 0 atom stereocenters. The summed E-state index contributed by atoms with van der Waals surface area (Å²) in [6.45, 7) is 8.83. The number of halogens is 1. The van der Waals surface area contributed by atoms with Gasteiger partial charge < -0.3 is 10.6 Å². The van der Waals surface area contributed by atoms with Gasteiger partial charge in [0.2, 0.25) is 0 Å². The third-order valence-electron chi connectivity index (χ3n) is 6.04. The number of hydrogen-bond acceptors (Lipinski definition) is 5. The molecule has 0 saturated heterocycles. The van der Waals surface area contributed by atoms with Crippen LogP contribution in [0.15, 0.2) is 66.1 Å². The highest BCUT2D eigenvalue weighted by Gasteiger charge is 2.23. The fourth-order valence-electron chi connectivity index (χ4n) is 4.32. The zero-order valence-electron chi connectivity index (χ0n) is 19.3. The van der Waals surface area contributed by atoms with Crippen LogP contribution in [0.25, 0.3) is 16.7 Å². The molecule has 34 heavy (non-hydrogen) atoms. The number of alkyl halides is 1. The molecule has 0 fully saturated rings. The van der Waals surface area contributed by atoms with E-state index in [1.807, 2.05) is 12.1 Å². The average molecular weight is 459 g/mol. The van der Waals surface area contributed by atoms with Crippen molar-refractivity contribution < 1.29 is 4.39 Å². The Kier molecular flexibility index (Phi) is 5.53. The van der Waals surface area contributed by atoms with Crippen LogP contribution < -0.4 is 16.2 Å². The molecule has 4 heterocycles. The molecule has 0 aliphatic carbocycles. The smallest absolute Gasteiger partial charge is 0.276 e. The highest BCUT2D eigenvalue weighted by atomic mass is 19.1. The van der Waals surface area contributed by atoms with E-state index < -0.39 is 5.67 Å². The van der Waals surface area contributed by atoms with Crippen molar-refractivity contribution in [2.24, 2.45) is 0 Å². The number of benzene rings is 1. The molecule has 2 N–H and O–H groups in total. The van der Waals surface area contributed by atoms with Gasteiger partial charge in [-0.2, -0.15) is 0 Å². The summed E-state index contributed by atoms with van der Waals surface area (Å²) in [5.74, 6) is 1.06. The maximum Gasteiger partial charge on any atom is 0.276 e. The third-order valence-corrected chi connectivity index (χ3v) is 6.04. The summed E-state index contributed by atoms with van der Waals surface area (Å²) in [7, 11) is 0. The second-order valence-electron chi connectivity index (χ2n) is 8.96. The Labute approximate surface area is 196 Å². The van der Waals surface area contributed by atoms with E-state index in [1.54, 1.807) is 35.2 Å². The Balaban J connectivity index is 1.62. The monoisotopic (exact) mass is 458 g/mol. The molecular formula is C26H27FN6O. The van der Waals surface area contributed by atoms with E-state index in [0.29, 0.717) is 28.2 Å². The van der Waals surface area contributed by atoms with E-state index in [-0.39, 0.29) is 12.1 Å². The number of nitrogens with zero attached hydrogens (tertiary/aromatic N) is 4. The molecule has 1 aliphatic heterocycles. The van der Waals surface area contributed by atoms with Gasteiger partial charge in [-0.05, 0) is 62.2 Å². The molecule has 0 unspecified atom stereocenters. The Morgan fingerprint density at radius 3 is 2.88 bits per heavy atom. The lowest BCUT2D eigenvalue weighted by molar-refractivity contribution is 0.214. The van der Waals surface area contributed by atoms with Crippen molar-refractivity contribution in [3.05, 3.63) is 88.5 Å². The fourth-order valence-corrected chi connectivity index (χ4v) is 4.32. The van der Waals surface area contributed by atoms with Crippen molar-refractivity contribution in [2.75, 3.05) is 11.9 Å². The van der Waals surface area contributed by atoms with Crippen LogP contribution >= 0.6 is 0 Å². The quantitative estimate of drug-likeness (QED) is 0.420. The van der Waals surface area contributed by atoms with Crippen molar-refractivity contribution in [1.29, 1.82) is 0 Å². The summed E-state index contributed by atoms with van der Waals surface area (Å²) >= 11 is 0. The summed E-state index contributed by atoms with van der Waals surface area (Å²) in [6, 6.07) is 13.3. The minimum absolute atomic E-state index is 0.207. The van der Waals surface area contributed by atoms with Crippen molar-refractivity contribution in [3.63, 3.8) is 0 Å². The fraction of sp³-hybridized carbons (Fsp3) is 0.269. The second kappa shape index (κ2) is 8.53. The molecule has 3 aromatic heterocycles. The molecule has 0 amide bonds. The van der Waals surface area contributed by atoms with E-state index in [1.165, 1.54) is 29.7 Å². The van der Waals surface area contributed by atoms with E-state index in [2.05, 4.69) is 39.3 Å². The first-order valence-electron chi connectivity index (χ1n) is 11.3. The number of aromatic nitrogens is 4. The molecule has 0 spiro atoms. The van der Waals surface area contributed by atoms with E-state index in [9.17, 15) is 9.18 Å². The van der Waals surface area contributed by atoms with Crippen LogP contribution in [-0.2, 0) is 25.2 Å². The van der Waals surface area contributed by atoms with Gasteiger partial charge in [-0.3, -0.25) is 4.79 Å². The van der Waals surface area contributed by atoms with Crippen molar-refractivity contribution >= 4 is 22.4 Å². The van der Waals surface area contributed by atoms with Gasteiger partial charge in [0, 0.05) is 24.5 Å². The first-order valence-corrected chi connectivity index (χ1v) is 11.3. The average Bonchev–Trinajstić information content (AvgIpc) is 3.10. The van der Waals surface area contributed by atoms with Crippen molar-refractivity contribution in [1.82, 2.24) is 24.6 Å². The van der Waals surface area contributed by atoms with Crippen LogP contribution in [0, 0.1) is 0 Å². The topological polar surface area (TPSA) is 76.8 Å². The normalized spacial score (nSPS) is 13.6. The Morgan fingerprint density at radius 2 is 2.09 bits per heavy atom. The Hall–Kier alpha value is -3.78. The number of allylic oxidation sites excluding steroid dienone is 1. The zero-order valence-corrected chi connectivity index (χ0v) is 19.3. The highest BCUT2D eigenvalue weighted by Crippen LogP contribution is 2.26. The van der Waals surface area contributed by atoms with Crippen LogP contribution in [-0.4, -0.2) is 25.9 Å². The Bertz CT molecular complexity index is 1450. The first-order chi connectivity index (χ1) is 16.3. The van der Waals surface area contributed by atoms with Crippen molar-refractivity contribution in [3.8, 4) is 5.82 Å². The maximum absolute atomic E-state index is 14.6. The molecule has 8 heteroatoms. The number of pyridine rings is 2. The zero-order chi connectivity index (χ0) is 23.9. The Morgan fingerprint density at radius 1 is 1.24 bits per heavy atom. The molecule has 4 aromatic rings. The summed E-state index contributed by atoms with van der Waals surface area (Å²) < 4.78 is 17.9. The van der Waals surface area contributed by atoms with Gasteiger partial charge in [0.25, 0.3) is 5.56 Å². The summed E-state index contributed by atoms with van der Waals surface area (Å²) in [5.41, 5.74) is 2.66. The lowest BCUT2D eigenvalue weighted by Gasteiger charge is -2.18. The lowest BCUT2D eigenvalue weighted by atomic mass is 10.0. The van der Waals surface area contributed by atoms with E-state index in [4.69, 9.17) is 0 Å². The highest BCUT2D eigenvalue weighted by molar-refractivity contribution is 5.82. The number of nitrogens with one attached hydrogen (secondary N) is 2. The van der Waals surface area contributed by atoms with Gasteiger partial charge in [-0.1, -0.05) is 18.2 Å². The van der Waals surface area contributed by atoms with Crippen LogP contribution in [0.4, 0.5) is 15.9 Å². The van der Waals surface area contributed by atoms with Crippen LogP contribution in [0.3, 0.4) is 0 Å². The van der Waals surface area contributed by atoms with Gasteiger partial charge in [-0.15, -0.1) is 6.58 Å². The molecule has 0 saturated carbocycles. The summed E-state index contributed by atoms with van der Waals surface area (Å²) in [6.07, 6.45) is 4.20. The van der Waals surface area contributed by atoms with Gasteiger partial charge in [0.05, 0.1) is 23.1 Å². The third kappa shape index (κ3) is 4.01. The molecular weight excluding hydrogens is 431 g/mol. The van der Waals surface area contributed by atoms with Crippen molar-refractivity contribution in [2.45, 2.75) is 39.0 Å². The summed E-state index contributed by atoms with van der Waals surface area (Å²) in [4.78, 5) is 22.2. The van der Waals surface area contributed by atoms with Crippen LogP contribution in [0.2, 0.25) is 0 Å². The van der Waals surface area contributed by atoms with Crippen LogP contribution in [0.5, 0.6) is 0 Å². The minimum Gasteiger partial charge on any atom is -0.340 e. The first kappa shape index (κ1) is 22.0. The molecule has 5 rings (SSSR count). The molecule has 1 aromatic carbocycles. The number of anilines is 2. The van der Waals surface area contributed by atoms with Gasteiger partial charge in [0.15, 0.2) is 5.82 Å². The number of hydrogen-bond donors (Lipinski definition) is 2. The summed E-state index contributed by atoms with van der Waals surface area (Å²) in [5, 5.41) is 7.20. The molecule has 174 valence electrons. The lowest BCUT2D eigenvalue weighted by Crippen LogP contribution is -2.23. The standard InChI is InChI=1S/C26H27FN6O/c1-4-12-32-25(34)20-16-29-23(30-19-9-8-18-15-28-11-10-17(18)13-19)14-21(20)33(32)24-7-5-6-22(31-24)26(2,3)27/h4-9,13-14,16,28H,1,10-12,15H2,2-3H3,(H,29,30). The molecule has 1 aliphatic rings. The largest absolute Gasteiger partial charge is 0.340 e. The second-order valence-corrected chi connectivity index (χ2v) is 8.96. The van der Waals surface area contributed by atoms with E-state index in [0.717, 1.165) is 25.2 Å². The predicted octanol–water partition coefficient (Wildman–Crippen LogP) is 4.36. The van der Waals surface area contributed by atoms with Crippen LogP contribution in [0.1, 0.15) is 30.7 Å². The number of rotatable bonds is 6. The molecule has 0 radical (unpaired) electrons. The minimum atomic E-state index is -1.61. The predicted molar refractivity (Wildman–Crippen MR) is 133 cm³/mol. The molecule has 0 bridgehead atoms. The SMILES string of the molecule is C=CCn1c(=O)c2cnc(Nc3ccc4c(c3)CCNC4)cc2n1-c1cccc(C(C)(C)F)n1. The van der Waals surface area contributed by atoms with Gasteiger partial charge in [-0.25, -0.2) is 23.7 Å².